The number of esters is 1. The van der Waals surface area contributed by atoms with E-state index < -0.39 is 0 Å². The zero-order valence-electron chi connectivity index (χ0n) is 9.30. The van der Waals surface area contributed by atoms with Crippen molar-refractivity contribution in [2.75, 3.05) is 6.61 Å². The second kappa shape index (κ2) is 6.63. The van der Waals surface area contributed by atoms with E-state index in [1.807, 2.05) is 6.07 Å². The first-order valence-electron chi connectivity index (χ1n) is 5.05. The highest BCUT2D eigenvalue weighted by Gasteiger charge is 2.14. The maximum atomic E-state index is 11.4. The fourth-order valence-corrected chi connectivity index (χ4v) is 2.22. The lowest BCUT2D eigenvalue weighted by atomic mass is 10.00. The van der Waals surface area contributed by atoms with E-state index in [0.717, 1.165) is 10.0 Å². The van der Waals surface area contributed by atoms with Gasteiger partial charge in [-0.25, -0.2) is 0 Å². The monoisotopic (exact) mass is 315 g/mol. The molecule has 1 aromatic rings. The zero-order chi connectivity index (χ0) is 12.8. The number of nitrogens with zero attached hydrogens (tertiary/aromatic N) is 1. The quantitative estimate of drug-likeness (QED) is 0.633. The predicted octanol–water partition coefficient (Wildman–Crippen LogP) is 3.17. The van der Waals surface area contributed by atoms with E-state index in [2.05, 4.69) is 22.0 Å². The van der Waals surface area contributed by atoms with Gasteiger partial charge in [0.1, 0.15) is 0 Å². The molecule has 0 fully saturated rings. The van der Waals surface area contributed by atoms with Gasteiger partial charge in [-0.15, -0.1) is 11.6 Å². The molecule has 17 heavy (non-hydrogen) atoms. The number of carbonyl (C=O) groups excluding carboxylic acids is 1. The van der Waals surface area contributed by atoms with Gasteiger partial charge in [-0.2, -0.15) is 5.26 Å². The molecule has 0 spiro atoms. The molecule has 0 aromatic heterocycles. The number of alkyl halides is 1. The zero-order valence-corrected chi connectivity index (χ0v) is 11.6. The van der Waals surface area contributed by atoms with Gasteiger partial charge in [0, 0.05) is 10.4 Å². The van der Waals surface area contributed by atoms with Crippen molar-refractivity contribution in [3.63, 3.8) is 0 Å². The van der Waals surface area contributed by atoms with E-state index in [1.54, 1.807) is 13.0 Å². The Hall–Kier alpha value is -1.05. The molecular weight excluding hydrogens is 305 g/mol. The molecule has 1 rings (SSSR count). The van der Waals surface area contributed by atoms with Gasteiger partial charge in [-0.05, 0) is 30.2 Å². The van der Waals surface area contributed by atoms with Gasteiger partial charge in [-0.1, -0.05) is 15.9 Å². The molecule has 0 amide bonds. The summed E-state index contributed by atoms with van der Waals surface area (Å²) < 4.78 is 5.65. The second-order valence-electron chi connectivity index (χ2n) is 3.32. The minimum absolute atomic E-state index is 0.0755. The Kier molecular flexibility index (Phi) is 5.46. The third-order valence-corrected chi connectivity index (χ3v) is 2.94. The Morgan fingerprint density at radius 3 is 2.82 bits per heavy atom. The van der Waals surface area contributed by atoms with Gasteiger partial charge in [0.15, 0.2) is 0 Å². The van der Waals surface area contributed by atoms with Gasteiger partial charge >= 0.3 is 5.97 Å². The summed E-state index contributed by atoms with van der Waals surface area (Å²) in [6.07, 6.45) is 0.0755. The number of benzene rings is 1. The van der Waals surface area contributed by atoms with Crippen LogP contribution in [0, 0.1) is 11.3 Å². The van der Waals surface area contributed by atoms with Crippen molar-refractivity contribution in [3.05, 3.63) is 33.3 Å². The minimum atomic E-state index is -0.349. The minimum Gasteiger partial charge on any atom is -0.466 e. The summed E-state index contributed by atoms with van der Waals surface area (Å²) in [5.74, 6) is -0.0965. The van der Waals surface area contributed by atoms with Crippen LogP contribution < -0.4 is 0 Å². The van der Waals surface area contributed by atoms with Gasteiger partial charge in [0.05, 0.1) is 24.7 Å². The number of hydrogen-bond acceptors (Lipinski definition) is 3. The standard InChI is InChI=1S/C12H11BrClNO2/c1-2-17-12(16)5-11-8(6-14)3-10(13)4-9(11)7-15/h3-4H,2,5-6H2,1H3. The molecule has 3 nitrogen and oxygen atoms in total. The van der Waals surface area contributed by atoms with E-state index in [9.17, 15) is 4.79 Å². The summed E-state index contributed by atoms with van der Waals surface area (Å²) in [6.45, 7) is 2.07. The highest BCUT2D eigenvalue weighted by molar-refractivity contribution is 9.10. The molecule has 90 valence electrons. The molecule has 0 unspecified atom stereocenters. The van der Waals surface area contributed by atoms with E-state index in [4.69, 9.17) is 21.6 Å². The predicted molar refractivity (Wildman–Crippen MR) is 68.8 cm³/mol. The van der Waals surface area contributed by atoms with Gasteiger partial charge in [-0.3, -0.25) is 4.79 Å². The number of carbonyl (C=O) groups is 1. The molecule has 0 N–H and O–H groups in total. The van der Waals surface area contributed by atoms with Gasteiger partial charge in [0.2, 0.25) is 0 Å². The van der Waals surface area contributed by atoms with E-state index >= 15 is 0 Å². The van der Waals surface area contributed by atoms with Crippen molar-refractivity contribution >= 4 is 33.5 Å². The highest BCUT2D eigenvalue weighted by Crippen LogP contribution is 2.23. The molecule has 5 heteroatoms. The van der Waals surface area contributed by atoms with E-state index in [1.165, 1.54) is 0 Å². The number of rotatable bonds is 4. The van der Waals surface area contributed by atoms with Crippen LogP contribution in [0.2, 0.25) is 0 Å². The maximum Gasteiger partial charge on any atom is 0.310 e. The van der Waals surface area contributed by atoms with Crippen LogP contribution >= 0.6 is 27.5 Å². The third-order valence-electron chi connectivity index (χ3n) is 2.20. The summed E-state index contributed by atoms with van der Waals surface area (Å²) in [7, 11) is 0. The molecular formula is C12H11BrClNO2. The maximum absolute atomic E-state index is 11.4. The lowest BCUT2D eigenvalue weighted by molar-refractivity contribution is -0.142. The summed E-state index contributed by atoms with van der Waals surface area (Å²) in [5, 5.41) is 9.04. The molecule has 0 aliphatic heterocycles. The Morgan fingerprint density at radius 1 is 1.59 bits per heavy atom. The number of halogens is 2. The molecule has 0 saturated heterocycles. The highest BCUT2D eigenvalue weighted by atomic mass is 79.9. The smallest absolute Gasteiger partial charge is 0.310 e. The molecule has 0 aliphatic rings. The van der Waals surface area contributed by atoms with Crippen LogP contribution in [-0.4, -0.2) is 12.6 Å². The Labute approximate surface area is 113 Å². The first kappa shape index (κ1) is 14.0. The van der Waals surface area contributed by atoms with Crippen molar-refractivity contribution in [1.29, 1.82) is 5.26 Å². The number of ether oxygens (including phenoxy) is 1. The number of nitriles is 1. The molecule has 0 heterocycles. The summed E-state index contributed by atoms with van der Waals surface area (Å²) in [6, 6.07) is 5.54. The van der Waals surface area contributed by atoms with Crippen LogP contribution in [0.25, 0.3) is 0 Å². The molecule has 0 aliphatic carbocycles. The first-order chi connectivity index (χ1) is 8.12. The van der Waals surface area contributed by atoms with Crippen LogP contribution in [0.5, 0.6) is 0 Å². The Balaban J connectivity index is 3.12. The fraction of sp³-hybridized carbons (Fsp3) is 0.333. The average Bonchev–Trinajstić information content (AvgIpc) is 2.31. The average molecular weight is 317 g/mol. The molecule has 0 bridgehead atoms. The topological polar surface area (TPSA) is 50.1 Å². The van der Waals surface area contributed by atoms with E-state index in [0.29, 0.717) is 17.7 Å². The fourth-order valence-electron chi connectivity index (χ4n) is 1.48. The van der Waals surface area contributed by atoms with Crippen LogP contribution in [0.3, 0.4) is 0 Å². The first-order valence-corrected chi connectivity index (χ1v) is 6.38. The SMILES string of the molecule is CCOC(=O)Cc1c(C#N)cc(Br)cc1CCl. The van der Waals surface area contributed by atoms with Gasteiger partial charge in [0.25, 0.3) is 0 Å². The molecule has 1 aromatic carbocycles. The number of hydrogen-bond donors (Lipinski definition) is 0. The van der Waals surface area contributed by atoms with Crippen LogP contribution in [0.4, 0.5) is 0 Å². The molecule has 0 radical (unpaired) electrons. The Morgan fingerprint density at radius 2 is 2.29 bits per heavy atom. The van der Waals surface area contributed by atoms with Crippen molar-refractivity contribution in [3.8, 4) is 6.07 Å². The molecule has 0 atom stereocenters. The summed E-state index contributed by atoms with van der Waals surface area (Å²) in [4.78, 5) is 11.4. The van der Waals surface area contributed by atoms with Crippen molar-refractivity contribution in [2.24, 2.45) is 0 Å². The molecule has 0 saturated carbocycles. The lowest BCUT2D eigenvalue weighted by Crippen LogP contribution is -2.10. The lowest BCUT2D eigenvalue weighted by Gasteiger charge is -2.09. The summed E-state index contributed by atoms with van der Waals surface area (Å²) >= 11 is 9.11. The van der Waals surface area contributed by atoms with E-state index in [-0.39, 0.29) is 18.3 Å². The largest absolute Gasteiger partial charge is 0.466 e. The Bertz CT molecular complexity index is 468. The van der Waals surface area contributed by atoms with Crippen molar-refractivity contribution in [1.82, 2.24) is 0 Å². The normalized spacial score (nSPS) is 9.76. The van der Waals surface area contributed by atoms with Crippen LogP contribution in [0.1, 0.15) is 23.6 Å². The summed E-state index contributed by atoms with van der Waals surface area (Å²) in [5.41, 5.74) is 1.86. The van der Waals surface area contributed by atoms with Crippen molar-refractivity contribution in [2.45, 2.75) is 19.2 Å². The van der Waals surface area contributed by atoms with Crippen LogP contribution in [0.15, 0.2) is 16.6 Å². The van der Waals surface area contributed by atoms with Crippen LogP contribution in [-0.2, 0) is 21.8 Å². The third kappa shape index (κ3) is 3.72. The van der Waals surface area contributed by atoms with Gasteiger partial charge < -0.3 is 4.74 Å². The second-order valence-corrected chi connectivity index (χ2v) is 4.50. The van der Waals surface area contributed by atoms with Crippen molar-refractivity contribution < 1.29 is 9.53 Å².